The summed E-state index contributed by atoms with van der Waals surface area (Å²) in [5, 5.41) is 0. The second-order valence-electron chi connectivity index (χ2n) is 4.76. The van der Waals surface area contributed by atoms with Gasteiger partial charge < -0.3 is 4.74 Å². The molecule has 0 saturated carbocycles. The van der Waals surface area contributed by atoms with Gasteiger partial charge in [0.05, 0.1) is 11.8 Å². The number of ether oxygens (including phenoxy) is 1. The van der Waals surface area contributed by atoms with Crippen molar-refractivity contribution in [2.45, 2.75) is 38.5 Å². The minimum atomic E-state index is -4.46. The molecule has 126 valence electrons. The number of alkyl halides is 3. The molecular formula is C13H18F3NO4S. The van der Waals surface area contributed by atoms with Gasteiger partial charge in [-0.1, -0.05) is 19.8 Å². The van der Waals surface area contributed by atoms with E-state index in [0.29, 0.717) is 12.6 Å². The Morgan fingerprint density at radius 3 is 2.45 bits per heavy atom. The Labute approximate surface area is 127 Å². The summed E-state index contributed by atoms with van der Waals surface area (Å²) in [7, 11) is -3.63. The molecule has 0 fully saturated rings. The van der Waals surface area contributed by atoms with Crippen molar-refractivity contribution in [3.63, 3.8) is 0 Å². The lowest BCUT2D eigenvalue weighted by molar-refractivity contribution is -0.137. The number of unbranched alkanes of at least 4 members (excludes halogenated alkanes) is 1. The van der Waals surface area contributed by atoms with Gasteiger partial charge >= 0.3 is 6.18 Å². The van der Waals surface area contributed by atoms with E-state index < -0.39 is 28.0 Å². The summed E-state index contributed by atoms with van der Waals surface area (Å²) in [5.41, 5.74) is -0.880. The first-order chi connectivity index (χ1) is 10.1. The fraction of sp³-hybridized carbons (Fsp3) is 0.615. The Bertz CT molecular complexity index is 558. The zero-order chi connectivity index (χ0) is 16.8. The molecule has 1 rings (SSSR count). The summed E-state index contributed by atoms with van der Waals surface area (Å²) in [6, 6.07) is 1.93. The molecule has 0 radical (unpaired) electrons. The number of rotatable bonds is 8. The summed E-state index contributed by atoms with van der Waals surface area (Å²) in [6.07, 6.45) is -1.51. The van der Waals surface area contributed by atoms with Crippen molar-refractivity contribution in [1.29, 1.82) is 0 Å². The molecule has 22 heavy (non-hydrogen) atoms. The molecule has 0 bridgehead atoms. The van der Waals surface area contributed by atoms with Crippen LogP contribution in [0.2, 0.25) is 0 Å². The third-order valence-electron chi connectivity index (χ3n) is 2.67. The van der Waals surface area contributed by atoms with Crippen LogP contribution in [0.25, 0.3) is 0 Å². The predicted octanol–water partition coefficient (Wildman–Crippen LogP) is 3.01. The molecule has 0 amide bonds. The number of halogens is 3. The van der Waals surface area contributed by atoms with E-state index in [-0.39, 0.29) is 12.5 Å². The van der Waals surface area contributed by atoms with Crippen LogP contribution in [0.3, 0.4) is 0 Å². The SMILES string of the molecule is CCCCC(COc1ccc(C(F)(F)F)cn1)OS(C)(=O)=O. The van der Waals surface area contributed by atoms with Crippen LogP contribution in [0, 0.1) is 0 Å². The fourth-order valence-corrected chi connectivity index (χ4v) is 2.30. The molecule has 0 spiro atoms. The molecule has 1 unspecified atom stereocenters. The predicted molar refractivity (Wildman–Crippen MR) is 74.0 cm³/mol. The first-order valence-corrected chi connectivity index (χ1v) is 8.47. The van der Waals surface area contributed by atoms with Crippen molar-refractivity contribution in [3.8, 4) is 5.88 Å². The third kappa shape index (κ3) is 7.08. The maximum absolute atomic E-state index is 12.4. The maximum Gasteiger partial charge on any atom is 0.417 e. The molecule has 0 aliphatic carbocycles. The Kier molecular flexibility index (Phi) is 6.61. The minimum Gasteiger partial charge on any atom is -0.475 e. The van der Waals surface area contributed by atoms with Gasteiger partial charge in [0.25, 0.3) is 10.1 Å². The zero-order valence-electron chi connectivity index (χ0n) is 12.3. The van der Waals surface area contributed by atoms with E-state index in [9.17, 15) is 21.6 Å². The van der Waals surface area contributed by atoms with Gasteiger partial charge in [-0.05, 0) is 12.5 Å². The smallest absolute Gasteiger partial charge is 0.417 e. The molecule has 9 heteroatoms. The molecule has 1 atom stereocenters. The van der Waals surface area contributed by atoms with Crippen molar-refractivity contribution in [1.82, 2.24) is 4.98 Å². The van der Waals surface area contributed by atoms with Crippen molar-refractivity contribution in [2.24, 2.45) is 0 Å². The van der Waals surface area contributed by atoms with Crippen molar-refractivity contribution < 1.29 is 30.5 Å². The Hall–Kier alpha value is -1.35. The summed E-state index contributed by atoms with van der Waals surface area (Å²) in [4.78, 5) is 3.55. The quantitative estimate of drug-likeness (QED) is 0.680. The lowest BCUT2D eigenvalue weighted by Crippen LogP contribution is -2.25. The van der Waals surface area contributed by atoms with Crippen LogP contribution in [0.15, 0.2) is 18.3 Å². The molecule has 0 aliphatic rings. The molecule has 1 heterocycles. The molecule has 1 aromatic heterocycles. The van der Waals surface area contributed by atoms with E-state index in [1.54, 1.807) is 0 Å². The van der Waals surface area contributed by atoms with Crippen LogP contribution in [-0.2, 0) is 20.5 Å². The van der Waals surface area contributed by atoms with Gasteiger partial charge in [-0.15, -0.1) is 0 Å². The lowest BCUT2D eigenvalue weighted by atomic mass is 10.2. The first-order valence-electron chi connectivity index (χ1n) is 6.66. The highest BCUT2D eigenvalue weighted by molar-refractivity contribution is 7.86. The molecule has 1 aromatic rings. The van der Waals surface area contributed by atoms with Gasteiger partial charge in [0.15, 0.2) is 0 Å². The average Bonchev–Trinajstić information content (AvgIpc) is 2.40. The maximum atomic E-state index is 12.4. The van der Waals surface area contributed by atoms with Gasteiger partial charge in [0.1, 0.15) is 12.7 Å². The van der Waals surface area contributed by atoms with Crippen molar-refractivity contribution in [3.05, 3.63) is 23.9 Å². The Morgan fingerprint density at radius 2 is 2.00 bits per heavy atom. The van der Waals surface area contributed by atoms with Crippen LogP contribution >= 0.6 is 0 Å². The number of hydrogen-bond donors (Lipinski definition) is 0. The highest BCUT2D eigenvalue weighted by Gasteiger charge is 2.30. The van der Waals surface area contributed by atoms with E-state index in [2.05, 4.69) is 4.98 Å². The molecule has 0 N–H and O–H groups in total. The minimum absolute atomic E-state index is 0.0217. The average molecular weight is 341 g/mol. The van der Waals surface area contributed by atoms with Gasteiger partial charge in [0.2, 0.25) is 5.88 Å². The molecular weight excluding hydrogens is 323 g/mol. The van der Waals surface area contributed by atoms with Gasteiger partial charge in [0, 0.05) is 12.3 Å². The highest BCUT2D eigenvalue weighted by Crippen LogP contribution is 2.29. The molecule has 0 saturated heterocycles. The topological polar surface area (TPSA) is 65.5 Å². The summed E-state index contributed by atoms with van der Waals surface area (Å²) < 4.78 is 69.6. The van der Waals surface area contributed by atoms with E-state index in [0.717, 1.165) is 31.2 Å². The normalized spacial score (nSPS) is 13.9. The van der Waals surface area contributed by atoms with Crippen LogP contribution < -0.4 is 4.74 Å². The van der Waals surface area contributed by atoms with Gasteiger partial charge in [-0.25, -0.2) is 4.98 Å². The van der Waals surface area contributed by atoms with Crippen molar-refractivity contribution in [2.75, 3.05) is 12.9 Å². The molecule has 0 aliphatic heterocycles. The number of hydrogen-bond acceptors (Lipinski definition) is 5. The van der Waals surface area contributed by atoms with Crippen LogP contribution in [-0.4, -0.2) is 32.4 Å². The zero-order valence-corrected chi connectivity index (χ0v) is 13.1. The van der Waals surface area contributed by atoms with Gasteiger partial charge in [-0.2, -0.15) is 21.6 Å². The highest BCUT2D eigenvalue weighted by atomic mass is 32.2. The van der Waals surface area contributed by atoms with Crippen LogP contribution in [0.5, 0.6) is 5.88 Å². The van der Waals surface area contributed by atoms with Gasteiger partial charge in [-0.3, -0.25) is 4.18 Å². The second-order valence-corrected chi connectivity index (χ2v) is 6.36. The van der Waals surface area contributed by atoms with E-state index in [1.807, 2.05) is 6.92 Å². The Balaban J connectivity index is 2.64. The largest absolute Gasteiger partial charge is 0.475 e. The van der Waals surface area contributed by atoms with Crippen LogP contribution in [0.4, 0.5) is 13.2 Å². The fourth-order valence-electron chi connectivity index (χ4n) is 1.65. The third-order valence-corrected chi connectivity index (χ3v) is 3.29. The van der Waals surface area contributed by atoms with Crippen LogP contribution in [0.1, 0.15) is 31.7 Å². The summed E-state index contributed by atoms with van der Waals surface area (Å²) >= 11 is 0. The summed E-state index contributed by atoms with van der Waals surface area (Å²) in [6.45, 7) is 1.83. The van der Waals surface area contributed by atoms with E-state index >= 15 is 0 Å². The summed E-state index contributed by atoms with van der Waals surface area (Å²) in [5.74, 6) is -0.0217. The first kappa shape index (κ1) is 18.7. The number of pyridine rings is 1. The second kappa shape index (κ2) is 7.77. The Morgan fingerprint density at radius 1 is 1.32 bits per heavy atom. The monoisotopic (exact) mass is 341 g/mol. The van der Waals surface area contributed by atoms with E-state index in [1.165, 1.54) is 0 Å². The standard InChI is InChI=1S/C13H18F3NO4S/c1-3-4-5-11(21-22(2,18)19)9-20-12-7-6-10(8-17-12)13(14,15)16/h6-8,11H,3-5,9H2,1-2H3. The number of aromatic nitrogens is 1. The molecule has 5 nitrogen and oxygen atoms in total. The van der Waals surface area contributed by atoms with Crippen molar-refractivity contribution >= 4 is 10.1 Å². The molecule has 0 aromatic carbocycles. The van der Waals surface area contributed by atoms with E-state index in [4.69, 9.17) is 8.92 Å². The number of nitrogens with zero attached hydrogens (tertiary/aromatic N) is 1. The lowest BCUT2D eigenvalue weighted by Gasteiger charge is -2.16.